The second-order valence-corrected chi connectivity index (χ2v) is 3.20. The molecule has 1 aliphatic carbocycles. The minimum absolute atomic E-state index is 0.176. The Hall–Kier alpha value is -0.370. The van der Waals surface area contributed by atoms with Gasteiger partial charge in [-0.2, -0.15) is 0 Å². The third-order valence-corrected chi connectivity index (χ3v) is 2.81. The molecule has 1 aliphatic rings. The summed E-state index contributed by atoms with van der Waals surface area (Å²) in [6, 6.07) is 0. The van der Waals surface area contributed by atoms with Gasteiger partial charge in [0, 0.05) is 11.8 Å². The zero-order chi connectivity index (χ0) is 8.32. The summed E-state index contributed by atoms with van der Waals surface area (Å²) in [5.74, 6) is 0.176. The lowest BCUT2D eigenvalue weighted by Gasteiger charge is -2.25. The molecule has 1 nitrogen and oxygen atoms in total. The van der Waals surface area contributed by atoms with E-state index in [2.05, 4.69) is 15.9 Å². The van der Waals surface area contributed by atoms with Gasteiger partial charge in [-0.05, 0) is 6.92 Å². The van der Waals surface area contributed by atoms with Crippen molar-refractivity contribution in [2.24, 2.45) is 5.41 Å². The molecule has 0 aliphatic heterocycles. The Morgan fingerprint density at radius 1 is 1.45 bits per heavy atom. The second kappa shape index (κ2) is 3.35. The molecular weight excluding hydrogens is 204 g/mol. The van der Waals surface area contributed by atoms with E-state index in [9.17, 15) is 4.79 Å². The van der Waals surface area contributed by atoms with Crippen molar-refractivity contribution >= 4 is 21.7 Å². The van der Waals surface area contributed by atoms with E-state index in [0.717, 1.165) is 0 Å². The van der Waals surface area contributed by atoms with Crippen molar-refractivity contribution < 1.29 is 4.79 Å². The Morgan fingerprint density at radius 2 is 2.18 bits per heavy atom. The van der Waals surface area contributed by atoms with Gasteiger partial charge in [-0.3, -0.25) is 4.79 Å². The zero-order valence-corrected chi connectivity index (χ0v) is 7.97. The lowest BCUT2D eigenvalue weighted by atomic mass is 9.80. The number of hydrogen-bond donors (Lipinski definition) is 0. The molecular formula is C9H10BrO. The standard InChI is InChI=1S/C9H10BrO/c1-8(11)9(7-10)5-3-2-4-6-9/h2-6H,7H2,1H3. The quantitative estimate of drug-likeness (QED) is 0.644. The summed E-state index contributed by atoms with van der Waals surface area (Å²) < 4.78 is 0. The number of rotatable bonds is 2. The maximum atomic E-state index is 11.2. The zero-order valence-electron chi connectivity index (χ0n) is 6.38. The number of Topliss-reactive ketones (excluding diaryl/α,β-unsaturated/α-hetero) is 1. The van der Waals surface area contributed by atoms with Crippen LogP contribution in [0.2, 0.25) is 0 Å². The number of carbonyl (C=O) groups excluding carboxylic acids is 1. The molecule has 1 unspecified atom stereocenters. The number of hydrogen-bond acceptors (Lipinski definition) is 1. The van der Waals surface area contributed by atoms with E-state index in [1.54, 1.807) is 6.92 Å². The third-order valence-electron chi connectivity index (χ3n) is 1.89. The van der Waals surface area contributed by atoms with E-state index >= 15 is 0 Å². The monoisotopic (exact) mass is 213 g/mol. The molecule has 1 radical (unpaired) electrons. The molecule has 0 saturated carbocycles. The Labute approximate surface area is 75.3 Å². The van der Waals surface area contributed by atoms with Gasteiger partial charge < -0.3 is 0 Å². The number of halogens is 1. The van der Waals surface area contributed by atoms with Crippen LogP contribution < -0.4 is 0 Å². The first kappa shape index (κ1) is 8.72. The van der Waals surface area contributed by atoms with Crippen LogP contribution in [0.4, 0.5) is 0 Å². The molecule has 0 fully saturated rings. The minimum atomic E-state index is -0.394. The number of ketones is 1. The highest BCUT2D eigenvalue weighted by Crippen LogP contribution is 2.29. The topological polar surface area (TPSA) is 17.1 Å². The highest BCUT2D eigenvalue weighted by atomic mass is 79.9. The van der Waals surface area contributed by atoms with Crippen molar-refractivity contribution in [1.82, 2.24) is 0 Å². The van der Waals surface area contributed by atoms with E-state index in [4.69, 9.17) is 0 Å². The SMILES string of the molecule is CC(=O)C1(CBr)[CH]C=CC=C1. The molecule has 0 heterocycles. The van der Waals surface area contributed by atoms with E-state index in [0.29, 0.717) is 5.33 Å². The predicted molar refractivity (Wildman–Crippen MR) is 49.5 cm³/mol. The van der Waals surface area contributed by atoms with Crippen LogP contribution in [0.3, 0.4) is 0 Å². The van der Waals surface area contributed by atoms with Gasteiger partial charge >= 0.3 is 0 Å². The molecule has 0 saturated heterocycles. The minimum Gasteiger partial charge on any atom is -0.299 e. The van der Waals surface area contributed by atoms with Crippen LogP contribution in [-0.2, 0) is 4.79 Å². The van der Waals surface area contributed by atoms with Crippen LogP contribution >= 0.6 is 15.9 Å². The van der Waals surface area contributed by atoms with E-state index in [1.165, 1.54) is 0 Å². The van der Waals surface area contributed by atoms with E-state index in [-0.39, 0.29) is 5.78 Å². The molecule has 0 aromatic heterocycles. The molecule has 0 amide bonds. The molecule has 11 heavy (non-hydrogen) atoms. The first-order chi connectivity index (χ1) is 5.21. The molecule has 0 N–H and O–H groups in total. The van der Waals surface area contributed by atoms with Gasteiger partial charge in [-0.25, -0.2) is 0 Å². The Morgan fingerprint density at radius 3 is 2.45 bits per heavy atom. The maximum Gasteiger partial charge on any atom is 0.141 e. The van der Waals surface area contributed by atoms with Crippen LogP contribution in [0, 0.1) is 11.8 Å². The average molecular weight is 214 g/mol. The molecule has 59 valence electrons. The van der Waals surface area contributed by atoms with Gasteiger partial charge in [0.25, 0.3) is 0 Å². The third kappa shape index (κ3) is 1.62. The highest BCUT2D eigenvalue weighted by Gasteiger charge is 2.31. The smallest absolute Gasteiger partial charge is 0.141 e. The fraction of sp³-hybridized carbons (Fsp3) is 0.333. The van der Waals surface area contributed by atoms with Gasteiger partial charge in [0.2, 0.25) is 0 Å². The van der Waals surface area contributed by atoms with Crippen LogP contribution in [0.1, 0.15) is 6.92 Å². The second-order valence-electron chi connectivity index (χ2n) is 2.64. The lowest BCUT2D eigenvalue weighted by Crippen LogP contribution is -2.29. The Bertz CT molecular complexity index is 218. The number of allylic oxidation sites excluding steroid dienone is 4. The summed E-state index contributed by atoms with van der Waals surface area (Å²) in [6.07, 6.45) is 9.57. The van der Waals surface area contributed by atoms with Crippen molar-refractivity contribution in [3.05, 3.63) is 30.7 Å². The lowest BCUT2D eigenvalue weighted by molar-refractivity contribution is -0.121. The molecule has 0 aromatic rings. The summed E-state index contributed by atoms with van der Waals surface area (Å²) in [4.78, 5) is 11.2. The molecule has 1 rings (SSSR count). The van der Waals surface area contributed by atoms with Crippen molar-refractivity contribution in [3.8, 4) is 0 Å². The number of alkyl halides is 1. The van der Waals surface area contributed by atoms with E-state index < -0.39 is 5.41 Å². The summed E-state index contributed by atoms with van der Waals surface area (Å²) in [5.41, 5.74) is -0.394. The van der Waals surface area contributed by atoms with Gasteiger partial charge in [0.1, 0.15) is 5.78 Å². The largest absolute Gasteiger partial charge is 0.299 e. The normalized spacial score (nSPS) is 28.9. The fourth-order valence-electron chi connectivity index (χ4n) is 0.992. The van der Waals surface area contributed by atoms with Gasteiger partial charge in [-0.1, -0.05) is 40.2 Å². The van der Waals surface area contributed by atoms with Gasteiger partial charge in [-0.15, -0.1) is 0 Å². The predicted octanol–water partition coefficient (Wildman–Crippen LogP) is 2.29. The molecule has 2 heteroatoms. The maximum absolute atomic E-state index is 11.2. The summed E-state index contributed by atoms with van der Waals surface area (Å²) in [7, 11) is 0. The van der Waals surface area contributed by atoms with Gasteiger partial charge in [0.05, 0.1) is 5.41 Å². The van der Waals surface area contributed by atoms with Crippen molar-refractivity contribution in [3.63, 3.8) is 0 Å². The first-order valence-corrected chi connectivity index (χ1v) is 4.61. The van der Waals surface area contributed by atoms with Crippen LogP contribution in [-0.4, -0.2) is 11.1 Å². The van der Waals surface area contributed by atoms with Crippen LogP contribution in [0.15, 0.2) is 24.3 Å². The average Bonchev–Trinajstić information content (AvgIpc) is 2.05. The fourth-order valence-corrected chi connectivity index (χ4v) is 1.76. The van der Waals surface area contributed by atoms with E-state index in [1.807, 2.05) is 30.7 Å². The highest BCUT2D eigenvalue weighted by molar-refractivity contribution is 9.09. The van der Waals surface area contributed by atoms with Gasteiger partial charge in [0.15, 0.2) is 0 Å². The van der Waals surface area contributed by atoms with Crippen LogP contribution in [0.5, 0.6) is 0 Å². The molecule has 0 spiro atoms. The molecule has 1 atom stereocenters. The van der Waals surface area contributed by atoms with Crippen molar-refractivity contribution in [1.29, 1.82) is 0 Å². The molecule has 0 aromatic carbocycles. The summed E-state index contributed by atoms with van der Waals surface area (Å²) in [6.45, 7) is 1.61. The Balaban J connectivity index is 2.85. The summed E-state index contributed by atoms with van der Waals surface area (Å²) in [5, 5.41) is 0.663. The van der Waals surface area contributed by atoms with Crippen LogP contribution in [0.25, 0.3) is 0 Å². The summed E-state index contributed by atoms with van der Waals surface area (Å²) >= 11 is 3.33. The molecule has 0 bridgehead atoms. The first-order valence-electron chi connectivity index (χ1n) is 3.49. The van der Waals surface area contributed by atoms with Crippen molar-refractivity contribution in [2.75, 3.05) is 5.33 Å². The Kier molecular flexibility index (Phi) is 2.66. The number of carbonyl (C=O) groups is 1. The van der Waals surface area contributed by atoms with Crippen molar-refractivity contribution in [2.45, 2.75) is 6.92 Å².